The van der Waals surface area contributed by atoms with Gasteiger partial charge in [0.15, 0.2) is 0 Å². The molecule has 0 N–H and O–H groups in total. The van der Waals surface area contributed by atoms with Crippen molar-refractivity contribution in [3.05, 3.63) is 12.7 Å². The van der Waals surface area contributed by atoms with Gasteiger partial charge in [-0.05, 0) is 43.4 Å². The predicted octanol–water partition coefficient (Wildman–Crippen LogP) is 2.97. The van der Waals surface area contributed by atoms with Gasteiger partial charge in [-0.1, -0.05) is 13.5 Å². The molecule has 0 aliphatic heterocycles. The summed E-state index contributed by atoms with van der Waals surface area (Å²) in [5, 5.41) is 9.54. The molecule has 4 atom stereocenters. The van der Waals surface area contributed by atoms with Gasteiger partial charge < -0.3 is 4.74 Å². The molecule has 18 heavy (non-hydrogen) atoms. The molecular formula is C15H19NO2. The lowest BCUT2D eigenvalue weighted by atomic mass is 9.43. The maximum Gasteiger partial charge on any atom is 0.330 e. The predicted molar refractivity (Wildman–Crippen MR) is 66.4 cm³/mol. The van der Waals surface area contributed by atoms with Crippen molar-refractivity contribution in [2.24, 2.45) is 16.7 Å². The van der Waals surface area contributed by atoms with Gasteiger partial charge in [-0.25, -0.2) is 4.79 Å². The minimum Gasteiger partial charge on any atom is -0.456 e. The van der Waals surface area contributed by atoms with E-state index in [1.165, 1.54) is 12.5 Å². The second-order valence-corrected chi connectivity index (χ2v) is 7.02. The first-order valence-electron chi connectivity index (χ1n) is 6.69. The van der Waals surface area contributed by atoms with Gasteiger partial charge in [-0.2, -0.15) is 5.26 Å². The molecule has 4 rings (SSSR count). The Hall–Kier alpha value is -1.30. The van der Waals surface area contributed by atoms with Crippen LogP contribution < -0.4 is 0 Å². The minimum atomic E-state index is -0.394. The summed E-state index contributed by atoms with van der Waals surface area (Å²) in [7, 11) is 0. The SMILES string of the molecule is C=CC(=O)OC12CC3CC(C)(CC(C#N)(C3)C1)C2. The molecule has 4 aliphatic carbocycles. The highest BCUT2D eigenvalue weighted by atomic mass is 16.6. The van der Waals surface area contributed by atoms with E-state index in [2.05, 4.69) is 19.6 Å². The summed E-state index contributed by atoms with van der Waals surface area (Å²) in [5.74, 6) is 0.206. The van der Waals surface area contributed by atoms with Gasteiger partial charge in [-0.15, -0.1) is 0 Å². The van der Waals surface area contributed by atoms with Crippen LogP contribution in [0.15, 0.2) is 12.7 Å². The number of nitriles is 1. The zero-order valence-electron chi connectivity index (χ0n) is 10.9. The Morgan fingerprint density at radius 1 is 1.39 bits per heavy atom. The maximum atomic E-state index is 11.6. The monoisotopic (exact) mass is 245 g/mol. The zero-order chi connectivity index (χ0) is 13.0. The Labute approximate surface area is 108 Å². The number of esters is 1. The van der Waals surface area contributed by atoms with Crippen molar-refractivity contribution < 1.29 is 9.53 Å². The summed E-state index contributed by atoms with van der Waals surface area (Å²) in [6.45, 7) is 5.72. The van der Waals surface area contributed by atoms with Crippen LogP contribution in [0.4, 0.5) is 0 Å². The number of nitrogens with zero attached hydrogens (tertiary/aromatic N) is 1. The van der Waals surface area contributed by atoms with Crippen molar-refractivity contribution in [1.82, 2.24) is 0 Å². The van der Waals surface area contributed by atoms with Crippen molar-refractivity contribution in [1.29, 1.82) is 5.26 Å². The van der Waals surface area contributed by atoms with Gasteiger partial charge in [-0.3, -0.25) is 0 Å². The van der Waals surface area contributed by atoms with Crippen molar-refractivity contribution in [3.63, 3.8) is 0 Å². The van der Waals surface area contributed by atoms with Crippen LogP contribution in [-0.2, 0) is 9.53 Å². The zero-order valence-corrected chi connectivity index (χ0v) is 10.9. The third-order valence-electron chi connectivity index (χ3n) is 5.02. The molecule has 4 bridgehead atoms. The van der Waals surface area contributed by atoms with Crippen LogP contribution in [0, 0.1) is 28.1 Å². The van der Waals surface area contributed by atoms with E-state index in [0.29, 0.717) is 5.92 Å². The van der Waals surface area contributed by atoms with Crippen LogP contribution in [0.2, 0.25) is 0 Å². The van der Waals surface area contributed by atoms with E-state index in [4.69, 9.17) is 4.74 Å². The fraction of sp³-hybridized carbons (Fsp3) is 0.733. The highest BCUT2D eigenvalue weighted by Gasteiger charge is 2.63. The number of ether oxygens (including phenoxy) is 1. The fourth-order valence-electron chi connectivity index (χ4n) is 5.32. The van der Waals surface area contributed by atoms with Crippen LogP contribution in [0.5, 0.6) is 0 Å². The smallest absolute Gasteiger partial charge is 0.330 e. The highest BCUT2D eigenvalue weighted by molar-refractivity contribution is 5.81. The Balaban J connectivity index is 1.96. The van der Waals surface area contributed by atoms with E-state index < -0.39 is 5.60 Å². The molecule has 4 saturated carbocycles. The molecule has 4 fully saturated rings. The van der Waals surface area contributed by atoms with E-state index in [-0.39, 0.29) is 16.8 Å². The molecule has 0 amide bonds. The number of rotatable bonds is 2. The van der Waals surface area contributed by atoms with Gasteiger partial charge in [0.2, 0.25) is 0 Å². The number of carbonyl (C=O) groups is 1. The second-order valence-electron chi connectivity index (χ2n) is 7.02. The molecule has 4 aliphatic rings. The van der Waals surface area contributed by atoms with Crippen molar-refractivity contribution >= 4 is 5.97 Å². The Kier molecular flexibility index (Phi) is 2.21. The van der Waals surface area contributed by atoms with Gasteiger partial charge >= 0.3 is 5.97 Å². The molecule has 0 aromatic heterocycles. The van der Waals surface area contributed by atoms with Crippen LogP contribution in [-0.4, -0.2) is 11.6 Å². The van der Waals surface area contributed by atoms with Gasteiger partial charge in [0.1, 0.15) is 5.60 Å². The molecular weight excluding hydrogens is 226 g/mol. The van der Waals surface area contributed by atoms with Crippen LogP contribution >= 0.6 is 0 Å². The first kappa shape index (κ1) is 11.8. The van der Waals surface area contributed by atoms with E-state index in [1.807, 2.05) is 0 Å². The van der Waals surface area contributed by atoms with Crippen molar-refractivity contribution in [2.75, 3.05) is 0 Å². The van der Waals surface area contributed by atoms with Crippen LogP contribution in [0.25, 0.3) is 0 Å². The molecule has 0 heterocycles. The molecule has 0 aromatic carbocycles. The summed E-state index contributed by atoms with van der Waals surface area (Å²) >= 11 is 0. The standard InChI is InChI=1S/C15H19NO2/c1-3-12(17)18-15-6-11-4-13(2,8-15)7-14(5-11,9-15)10-16/h3,11H,1,4-9H2,2H3. The number of hydrogen-bond donors (Lipinski definition) is 0. The summed E-state index contributed by atoms with van der Waals surface area (Å²) in [5.41, 5.74) is -0.471. The lowest BCUT2D eigenvalue weighted by Gasteiger charge is -2.62. The third kappa shape index (κ3) is 1.59. The molecule has 0 aromatic rings. The van der Waals surface area contributed by atoms with Crippen LogP contribution in [0.1, 0.15) is 45.4 Å². The summed E-state index contributed by atoms with van der Waals surface area (Å²) in [4.78, 5) is 11.6. The summed E-state index contributed by atoms with van der Waals surface area (Å²) in [6.07, 6.45) is 6.96. The second kappa shape index (κ2) is 3.38. The minimum absolute atomic E-state index is 0.177. The molecule has 4 unspecified atom stereocenters. The topological polar surface area (TPSA) is 50.1 Å². The Bertz CT molecular complexity index is 466. The Morgan fingerprint density at radius 3 is 2.78 bits per heavy atom. The molecule has 0 saturated heterocycles. The normalized spacial score (nSPS) is 48.6. The lowest BCUT2D eigenvalue weighted by molar-refractivity contribution is -0.205. The summed E-state index contributed by atoms with van der Waals surface area (Å²) < 4.78 is 5.68. The largest absolute Gasteiger partial charge is 0.456 e. The van der Waals surface area contributed by atoms with Crippen molar-refractivity contribution in [2.45, 2.75) is 51.0 Å². The average molecular weight is 245 g/mol. The lowest BCUT2D eigenvalue weighted by Crippen LogP contribution is -2.60. The quantitative estimate of drug-likeness (QED) is 0.555. The number of hydrogen-bond acceptors (Lipinski definition) is 3. The van der Waals surface area contributed by atoms with Gasteiger partial charge in [0, 0.05) is 12.5 Å². The molecule has 96 valence electrons. The van der Waals surface area contributed by atoms with E-state index >= 15 is 0 Å². The molecule has 3 nitrogen and oxygen atoms in total. The molecule has 3 heteroatoms. The van der Waals surface area contributed by atoms with E-state index in [1.54, 1.807) is 0 Å². The summed E-state index contributed by atoms with van der Waals surface area (Å²) in [6, 6.07) is 2.53. The highest BCUT2D eigenvalue weighted by Crippen LogP contribution is 2.67. The Morgan fingerprint density at radius 2 is 2.17 bits per heavy atom. The van der Waals surface area contributed by atoms with Crippen molar-refractivity contribution in [3.8, 4) is 6.07 Å². The molecule has 0 radical (unpaired) electrons. The van der Waals surface area contributed by atoms with E-state index in [0.717, 1.165) is 32.1 Å². The first-order valence-corrected chi connectivity index (χ1v) is 6.69. The van der Waals surface area contributed by atoms with Gasteiger partial charge in [0.25, 0.3) is 0 Å². The fourth-order valence-corrected chi connectivity index (χ4v) is 5.32. The van der Waals surface area contributed by atoms with Crippen LogP contribution in [0.3, 0.4) is 0 Å². The van der Waals surface area contributed by atoms with E-state index in [9.17, 15) is 10.1 Å². The molecule has 0 spiro atoms. The first-order chi connectivity index (χ1) is 8.42. The maximum absolute atomic E-state index is 11.6. The third-order valence-corrected chi connectivity index (χ3v) is 5.02. The number of carbonyl (C=O) groups excluding carboxylic acids is 1. The van der Waals surface area contributed by atoms with Gasteiger partial charge in [0.05, 0.1) is 11.5 Å². The average Bonchev–Trinajstić information content (AvgIpc) is 2.25.